The smallest absolute Gasteiger partial charge is 0.191 e. The zero-order valence-electron chi connectivity index (χ0n) is 18.1. The Morgan fingerprint density at radius 1 is 1.07 bits per heavy atom. The molecule has 2 N–H and O–H groups in total. The van der Waals surface area contributed by atoms with Crippen molar-refractivity contribution in [3.63, 3.8) is 0 Å². The van der Waals surface area contributed by atoms with Gasteiger partial charge in [0.15, 0.2) is 5.96 Å². The number of hydrogen-bond acceptors (Lipinski definition) is 4. The van der Waals surface area contributed by atoms with Crippen molar-refractivity contribution in [1.29, 1.82) is 0 Å². The van der Waals surface area contributed by atoms with Crippen LogP contribution in [0.25, 0.3) is 0 Å². The van der Waals surface area contributed by atoms with E-state index in [1.165, 1.54) is 11.1 Å². The first-order chi connectivity index (χ1) is 14.7. The normalized spacial score (nSPS) is 15.3. The van der Waals surface area contributed by atoms with Gasteiger partial charge in [0.2, 0.25) is 0 Å². The molecule has 1 aromatic heterocycles. The van der Waals surface area contributed by atoms with Crippen LogP contribution in [0.2, 0.25) is 5.02 Å². The fourth-order valence-electron chi connectivity index (χ4n) is 3.55. The number of pyridine rings is 1. The number of likely N-dealkylation sites (N-methyl/N-ethyl adjacent to an activating group) is 1. The summed E-state index contributed by atoms with van der Waals surface area (Å²) in [7, 11) is 0. The highest BCUT2D eigenvalue weighted by Crippen LogP contribution is 2.16. The Balaban J connectivity index is 1.55. The zero-order chi connectivity index (χ0) is 21.2. The summed E-state index contributed by atoms with van der Waals surface area (Å²) < 4.78 is 0. The topological polar surface area (TPSA) is 55.8 Å². The molecular weight excluding hydrogens is 396 g/mol. The van der Waals surface area contributed by atoms with Gasteiger partial charge in [-0.2, -0.15) is 0 Å². The lowest BCUT2D eigenvalue weighted by molar-refractivity contribution is 0.270. The number of aliphatic imine (C=N–C) groups is 1. The van der Waals surface area contributed by atoms with Gasteiger partial charge in [-0.25, -0.2) is 9.98 Å². The van der Waals surface area contributed by atoms with Gasteiger partial charge in [0.1, 0.15) is 5.82 Å². The van der Waals surface area contributed by atoms with Crippen LogP contribution in [0.4, 0.5) is 5.82 Å². The van der Waals surface area contributed by atoms with E-state index in [1.807, 2.05) is 30.5 Å². The number of halogens is 1. The minimum atomic E-state index is 0.622. The lowest BCUT2D eigenvalue weighted by Crippen LogP contribution is -2.46. The molecule has 1 aliphatic rings. The maximum absolute atomic E-state index is 6.07. The average Bonchev–Trinajstić information content (AvgIpc) is 2.78. The first-order valence-corrected chi connectivity index (χ1v) is 11.2. The molecular formula is C23H33ClN6. The molecule has 2 aromatic rings. The Bertz CT molecular complexity index is 817. The monoisotopic (exact) mass is 428 g/mol. The predicted molar refractivity (Wildman–Crippen MR) is 127 cm³/mol. The van der Waals surface area contributed by atoms with Gasteiger partial charge < -0.3 is 20.4 Å². The highest BCUT2D eigenvalue weighted by atomic mass is 35.5. The van der Waals surface area contributed by atoms with Crippen molar-refractivity contribution in [2.24, 2.45) is 4.99 Å². The van der Waals surface area contributed by atoms with E-state index >= 15 is 0 Å². The average molecular weight is 429 g/mol. The molecule has 1 saturated heterocycles. The van der Waals surface area contributed by atoms with E-state index < -0.39 is 0 Å². The summed E-state index contributed by atoms with van der Waals surface area (Å²) in [6.45, 7) is 11.9. The fraction of sp³-hybridized carbons (Fsp3) is 0.478. The second-order valence-electron chi connectivity index (χ2n) is 7.45. The van der Waals surface area contributed by atoms with Crippen LogP contribution in [0.15, 0.2) is 47.6 Å². The molecule has 0 aliphatic carbocycles. The Morgan fingerprint density at radius 3 is 2.63 bits per heavy atom. The summed E-state index contributed by atoms with van der Waals surface area (Å²) in [6.07, 6.45) is 2.79. The van der Waals surface area contributed by atoms with Crippen molar-refractivity contribution in [3.05, 3.63) is 58.7 Å². The molecule has 7 heteroatoms. The van der Waals surface area contributed by atoms with E-state index in [2.05, 4.69) is 51.4 Å². The van der Waals surface area contributed by atoms with Crippen LogP contribution in [0, 0.1) is 0 Å². The van der Waals surface area contributed by atoms with E-state index in [9.17, 15) is 0 Å². The van der Waals surface area contributed by atoms with Gasteiger partial charge in [-0.15, -0.1) is 0 Å². The standard InChI is InChI=1S/C23H33ClN6/c1-3-25-23(27-11-8-19-6-5-7-21(24)16-19)28-18-20-9-10-26-22(17-20)30-14-12-29(4-2)13-15-30/h5-7,9-10,16-17H,3-4,8,11-15,18H2,1-2H3,(H2,25,27,28). The number of nitrogens with zero attached hydrogens (tertiary/aromatic N) is 4. The van der Waals surface area contributed by atoms with Crippen molar-refractivity contribution in [2.75, 3.05) is 50.7 Å². The lowest BCUT2D eigenvalue weighted by Gasteiger charge is -2.34. The van der Waals surface area contributed by atoms with E-state index in [0.29, 0.717) is 6.54 Å². The van der Waals surface area contributed by atoms with Crippen LogP contribution >= 0.6 is 11.6 Å². The maximum Gasteiger partial charge on any atom is 0.191 e. The van der Waals surface area contributed by atoms with Crippen LogP contribution in [0.5, 0.6) is 0 Å². The molecule has 162 valence electrons. The Morgan fingerprint density at radius 2 is 1.90 bits per heavy atom. The first-order valence-electron chi connectivity index (χ1n) is 10.9. The molecule has 0 radical (unpaired) electrons. The first kappa shape index (κ1) is 22.4. The number of hydrogen-bond donors (Lipinski definition) is 2. The lowest BCUT2D eigenvalue weighted by atomic mass is 10.1. The van der Waals surface area contributed by atoms with Crippen LogP contribution in [-0.2, 0) is 13.0 Å². The molecule has 30 heavy (non-hydrogen) atoms. The molecule has 3 rings (SSSR count). The van der Waals surface area contributed by atoms with Gasteiger partial charge >= 0.3 is 0 Å². The number of guanidine groups is 1. The third kappa shape index (κ3) is 6.89. The van der Waals surface area contributed by atoms with Crippen molar-refractivity contribution in [2.45, 2.75) is 26.8 Å². The molecule has 0 spiro atoms. The van der Waals surface area contributed by atoms with Gasteiger partial charge in [-0.05, 0) is 55.3 Å². The number of piperazine rings is 1. The maximum atomic E-state index is 6.07. The Labute approximate surface area is 185 Å². The summed E-state index contributed by atoms with van der Waals surface area (Å²) in [5, 5.41) is 7.51. The Kier molecular flexibility index (Phi) is 8.78. The van der Waals surface area contributed by atoms with E-state index in [1.54, 1.807) is 0 Å². The molecule has 6 nitrogen and oxygen atoms in total. The van der Waals surface area contributed by atoms with Crippen molar-refractivity contribution in [1.82, 2.24) is 20.5 Å². The largest absolute Gasteiger partial charge is 0.357 e. The van der Waals surface area contributed by atoms with Crippen LogP contribution < -0.4 is 15.5 Å². The van der Waals surface area contributed by atoms with Crippen LogP contribution in [0.1, 0.15) is 25.0 Å². The van der Waals surface area contributed by atoms with Gasteiger partial charge in [0.25, 0.3) is 0 Å². The summed E-state index contributed by atoms with van der Waals surface area (Å²) >= 11 is 6.07. The zero-order valence-corrected chi connectivity index (χ0v) is 18.8. The minimum absolute atomic E-state index is 0.622. The van der Waals surface area contributed by atoms with Crippen LogP contribution in [-0.4, -0.2) is 61.7 Å². The molecule has 0 atom stereocenters. The van der Waals surface area contributed by atoms with Crippen molar-refractivity contribution in [3.8, 4) is 0 Å². The molecule has 0 amide bonds. The van der Waals surface area contributed by atoms with Crippen molar-refractivity contribution < 1.29 is 0 Å². The molecule has 1 aromatic carbocycles. The number of aromatic nitrogens is 1. The number of nitrogens with one attached hydrogen (secondary N) is 2. The van der Waals surface area contributed by atoms with Gasteiger partial charge in [0.05, 0.1) is 6.54 Å². The fourth-order valence-corrected chi connectivity index (χ4v) is 3.77. The van der Waals surface area contributed by atoms with Gasteiger partial charge in [0, 0.05) is 50.5 Å². The van der Waals surface area contributed by atoms with Gasteiger partial charge in [-0.1, -0.05) is 30.7 Å². The highest BCUT2D eigenvalue weighted by Gasteiger charge is 2.16. The number of benzene rings is 1. The second-order valence-corrected chi connectivity index (χ2v) is 7.88. The summed E-state index contributed by atoms with van der Waals surface area (Å²) in [4.78, 5) is 14.2. The summed E-state index contributed by atoms with van der Waals surface area (Å²) in [5.41, 5.74) is 2.39. The molecule has 2 heterocycles. The summed E-state index contributed by atoms with van der Waals surface area (Å²) in [6, 6.07) is 12.2. The third-order valence-electron chi connectivity index (χ3n) is 5.31. The van der Waals surface area contributed by atoms with E-state index in [0.717, 1.165) is 69.0 Å². The summed E-state index contributed by atoms with van der Waals surface area (Å²) in [5.74, 6) is 1.88. The predicted octanol–water partition coefficient (Wildman–Crippen LogP) is 3.17. The van der Waals surface area contributed by atoms with E-state index in [-0.39, 0.29) is 0 Å². The second kappa shape index (κ2) is 11.8. The molecule has 0 bridgehead atoms. The molecule has 0 saturated carbocycles. The number of anilines is 1. The van der Waals surface area contributed by atoms with Crippen molar-refractivity contribution >= 4 is 23.4 Å². The Hall–Kier alpha value is -2.31. The van der Waals surface area contributed by atoms with Gasteiger partial charge in [-0.3, -0.25) is 0 Å². The molecule has 0 unspecified atom stereocenters. The number of rotatable bonds is 8. The molecule has 1 fully saturated rings. The van der Waals surface area contributed by atoms with Crippen LogP contribution in [0.3, 0.4) is 0 Å². The van der Waals surface area contributed by atoms with E-state index in [4.69, 9.17) is 16.6 Å². The SMILES string of the molecule is CCNC(=NCc1ccnc(N2CCN(CC)CC2)c1)NCCc1cccc(Cl)c1. The third-order valence-corrected chi connectivity index (χ3v) is 5.55. The quantitative estimate of drug-likeness (QED) is 0.499. The molecule has 1 aliphatic heterocycles. The minimum Gasteiger partial charge on any atom is -0.357 e. The highest BCUT2D eigenvalue weighted by molar-refractivity contribution is 6.30.